The molecule has 4 nitrogen and oxygen atoms in total. The molecule has 0 aliphatic rings. The molecule has 0 spiro atoms. The van der Waals surface area contributed by atoms with Crippen LogP contribution in [0.5, 0.6) is 0 Å². The Bertz CT molecular complexity index is 1050. The Hall–Kier alpha value is -3.21. The van der Waals surface area contributed by atoms with E-state index in [9.17, 15) is 9.18 Å². The van der Waals surface area contributed by atoms with E-state index in [-0.39, 0.29) is 11.4 Å². The number of aromatic nitrogens is 3. The van der Waals surface area contributed by atoms with Crippen LogP contribution >= 0.6 is 0 Å². The predicted molar refractivity (Wildman–Crippen MR) is 90.5 cm³/mol. The minimum absolute atomic E-state index is 0.128. The van der Waals surface area contributed by atoms with Crippen molar-refractivity contribution in [2.45, 2.75) is 6.42 Å². The Morgan fingerprint density at radius 3 is 2.54 bits per heavy atom. The number of benzene rings is 2. The second-order valence-corrected chi connectivity index (χ2v) is 5.60. The number of hydrogen-bond donors (Lipinski definition) is 1. The fraction of sp³-hybridized carbons (Fsp3) is 0.0526. The van der Waals surface area contributed by atoms with E-state index in [4.69, 9.17) is 0 Å². The van der Waals surface area contributed by atoms with Gasteiger partial charge in [-0.3, -0.25) is 9.89 Å². The van der Waals surface area contributed by atoms with Crippen LogP contribution in [-0.2, 0) is 6.42 Å². The molecular formula is C19H14FN3O. The number of fused-ring (bicyclic) bond motifs is 1. The van der Waals surface area contributed by atoms with E-state index >= 15 is 0 Å². The lowest BCUT2D eigenvalue weighted by molar-refractivity contribution is 0.628. The summed E-state index contributed by atoms with van der Waals surface area (Å²) in [5.41, 5.74) is 3.64. The number of rotatable bonds is 3. The first kappa shape index (κ1) is 14.4. The van der Waals surface area contributed by atoms with Crippen LogP contribution in [0.2, 0.25) is 0 Å². The van der Waals surface area contributed by atoms with E-state index in [1.165, 1.54) is 16.6 Å². The van der Waals surface area contributed by atoms with Crippen molar-refractivity contribution in [1.82, 2.24) is 14.6 Å². The fourth-order valence-corrected chi connectivity index (χ4v) is 2.77. The van der Waals surface area contributed by atoms with E-state index in [1.54, 1.807) is 24.5 Å². The first-order valence-electron chi connectivity index (χ1n) is 7.60. The summed E-state index contributed by atoms with van der Waals surface area (Å²) >= 11 is 0. The summed E-state index contributed by atoms with van der Waals surface area (Å²) in [4.78, 5) is 17.1. The number of H-pyrrole nitrogens is 1. The number of nitrogens with zero attached hydrogens (tertiary/aromatic N) is 2. The predicted octanol–water partition coefficient (Wildman–Crippen LogP) is 3.42. The van der Waals surface area contributed by atoms with Crippen molar-refractivity contribution >= 4 is 5.65 Å². The Kier molecular flexibility index (Phi) is 3.46. The Morgan fingerprint density at radius 1 is 1.04 bits per heavy atom. The summed E-state index contributed by atoms with van der Waals surface area (Å²) in [6.07, 6.45) is 3.86. The van der Waals surface area contributed by atoms with Crippen molar-refractivity contribution in [3.63, 3.8) is 0 Å². The zero-order valence-electron chi connectivity index (χ0n) is 12.7. The molecule has 0 radical (unpaired) electrons. The van der Waals surface area contributed by atoms with Crippen molar-refractivity contribution in [3.8, 4) is 11.1 Å². The molecule has 2 heterocycles. The third kappa shape index (κ3) is 2.50. The van der Waals surface area contributed by atoms with Crippen molar-refractivity contribution < 1.29 is 4.39 Å². The summed E-state index contributed by atoms with van der Waals surface area (Å²) in [5.74, 6) is -0.297. The molecule has 0 aliphatic heterocycles. The van der Waals surface area contributed by atoms with E-state index in [2.05, 4.69) is 10.1 Å². The molecule has 0 saturated heterocycles. The second kappa shape index (κ2) is 5.77. The van der Waals surface area contributed by atoms with Crippen LogP contribution in [0.25, 0.3) is 16.8 Å². The summed E-state index contributed by atoms with van der Waals surface area (Å²) in [6, 6.07) is 15.9. The smallest absolute Gasteiger partial charge is 0.276 e. The molecule has 4 aromatic rings. The molecule has 2 aromatic carbocycles. The highest BCUT2D eigenvalue weighted by atomic mass is 19.1. The molecule has 0 aliphatic carbocycles. The third-order valence-electron chi connectivity index (χ3n) is 4.00. The first-order valence-corrected chi connectivity index (χ1v) is 7.60. The minimum Gasteiger partial charge on any atom is -0.296 e. The number of aromatic amines is 1. The summed E-state index contributed by atoms with van der Waals surface area (Å²) in [5, 5.41) is 2.94. The molecule has 24 heavy (non-hydrogen) atoms. The molecule has 2 aromatic heterocycles. The van der Waals surface area contributed by atoms with Crippen LogP contribution in [0.1, 0.15) is 11.1 Å². The lowest BCUT2D eigenvalue weighted by Crippen LogP contribution is -2.19. The molecule has 0 unspecified atom stereocenters. The number of nitrogens with one attached hydrogen (secondary N) is 1. The average molecular weight is 319 g/mol. The fourth-order valence-electron chi connectivity index (χ4n) is 2.77. The Labute approximate surface area is 137 Å². The monoisotopic (exact) mass is 319 g/mol. The first-order chi connectivity index (χ1) is 11.7. The SMILES string of the molecule is O=c1c(Cc2ccccc2)cnc2c(-c3ccc(F)cc3)c[nH]n12. The van der Waals surface area contributed by atoms with Gasteiger partial charge in [-0.1, -0.05) is 42.5 Å². The summed E-state index contributed by atoms with van der Waals surface area (Å²) in [6.45, 7) is 0. The van der Waals surface area contributed by atoms with Crippen molar-refractivity contribution in [2.75, 3.05) is 0 Å². The van der Waals surface area contributed by atoms with Crippen molar-refractivity contribution in [2.24, 2.45) is 0 Å². The van der Waals surface area contributed by atoms with Crippen molar-refractivity contribution in [1.29, 1.82) is 0 Å². The topological polar surface area (TPSA) is 50.2 Å². The Morgan fingerprint density at radius 2 is 1.79 bits per heavy atom. The van der Waals surface area contributed by atoms with Crippen LogP contribution in [0.4, 0.5) is 4.39 Å². The zero-order chi connectivity index (χ0) is 16.5. The zero-order valence-corrected chi connectivity index (χ0v) is 12.7. The van der Waals surface area contributed by atoms with Crippen LogP contribution in [0.15, 0.2) is 71.8 Å². The van der Waals surface area contributed by atoms with Gasteiger partial charge in [-0.05, 0) is 23.3 Å². The highest BCUT2D eigenvalue weighted by Gasteiger charge is 2.12. The lowest BCUT2D eigenvalue weighted by atomic mass is 10.1. The minimum atomic E-state index is -0.297. The van der Waals surface area contributed by atoms with Gasteiger partial charge in [0.05, 0.1) is 0 Å². The van der Waals surface area contributed by atoms with Crippen LogP contribution in [-0.4, -0.2) is 14.6 Å². The van der Waals surface area contributed by atoms with Gasteiger partial charge < -0.3 is 0 Å². The summed E-state index contributed by atoms with van der Waals surface area (Å²) < 4.78 is 14.5. The highest BCUT2D eigenvalue weighted by Crippen LogP contribution is 2.22. The van der Waals surface area contributed by atoms with Crippen molar-refractivity contribution in [3.05, 3.63) is 94.3 Å². The van der Waals surface area contributed by atoms with Gasteiger partial charge in [-0.25, -0.2) is 13.9 Å². The number of hydrogen-bond acceptors (Lipinski definition) is 2. The molecule has 0 amide bonds. The second-order valence-electron chi connectivity index (χ2n) is 5.60. The van der Waals surface area contributed by atoms with Crippen LogP contribution in [0.3, 0.4) is 0 Å². The highest BCUT2D eigenvalue weighted by molar-refractivity contribution is 5.76. The van der Waals surface area contributed by atoms with Gasteiger partial charge in [0, 0.05) is 29.9 Å². The van der Waals surface area contributed by atoms with E-state index in [0.29, 0.717) is 17.6 Å². The van der Waals surface area contributed by atoms with Gasteiger partial charge >= 0.3 is 0 Å². The molecule has 5 heteroatoms. The standard InChI is InChI=1S/C19H14FN3O/c20-16-8-6-14(7-9-16)17-12-22-23-18(17)21-11-15(19(23)24)10-13-4-2-1-3-5-13/h1-9,11-12,22H,10H2. The van der Waals surface area contributed by atoms with E-state index in [0.717, 1.165) is 16.7 Å². The van der Waals surface area contributed by atoms with E-state index in [1.807, 2.05) is 30.3 Å². The largest absolute Gasteiger partial charge is 0.296 e. The van der Waals surface area contributed by atoms with Gasteiger partial charge in [-0.15, -0.1) is 0 Å². The van der Waals surface area contributed by atoms with Crippen LogP contribution in [0, 0.1) is 5.82 Å². The maximum Gasteiger partial charge on any atom is 0.276 e. The molecule has 4 rings (SSSR count). The average Bonchev–Trinajstić information content (AvgIpc) is 3.04. The molecule has 0 bridgehead atoms. The van der Waals surface area contributed by atoms with Gasteiger partial charge in [0.15, 0.2) is 5.65 Å². The van der Waals surface area contributed by atoms with Gasteiger partial charge in [0.2, 0.25) is 0 Å². The van der Waals surface area contributed by atoms with Gasteiger partial charge in [0.1, 0.15) is 5.82 Å². The maximum atomic E-state index is 13.1. The molecule has 0 saturated carbocycles. The molecule has 118 valence electrons. The normalized spacial score (nSPS) is 11.0. The van der Waals surface area contributed by atoms with Crippen LogP contribution < -0.4 is 5.56 Å². The summed E-state index contributed by atoms with van der Waals surface area (Å²) in [7, 11) is 0. The maximum absolute atomic E-state index is 13.1. The molecule has 1 N–H and O–H groups in total. The molecular weight excluding hydrogens is 305 g/mol. The third-order valence-corrected chi connectivity index (χ3v) is 4.00. The van der Waals surface area contributed by atoms with Gasteiger partial charge in [0.25, 0.3) is 5.56 Å². The quantitative estimate of drug-likeness (QED) is 0.629. The molecule has 0 atom stereocenters. The number of halogens is 1. The van der Waals surface area contributed by atoms with Gasteiger partial charge in [-0.2, -0.15) is 0 Å². The lowest BCUT2D eigenvalue weighted by Gasteiger charge is -2.03. The van der Waals surface area contributed by atoms with E-state index < -0.39 is 0 Å². The Balaban J connectivity index is 1.78. The molecule has 0 fully saturated rings.